The molecule has 0 saturated heterocycles. The second kappa shape index (κ2) is 12.0. The first-order valence-corrected chi connectivity index (χ1v) is 13.2. The molecular formula is C18H10Br2F18S2. The van der Waals surface area contributed by atoms with Gasteiger partial charge in [0, 0.05) is 43.1 Å². The lowest BCUT2D eigenvalue weighted by molar-refractivity contribution is -0.396. The maximum Gasteiger partial charge on any atom is 0.460 e. The molecule has 0 aliphatic rings. The molecule has 0 heterocycles. The first kappa shape index (κ1) is 37.6. The van der Waals surface area contributed by atoms with Crippen LogP contribution in [0.1, 0.15) is 12.8 Å². The summed E-state index contributed by atoms with van der Waals surface area (Å²) in [6.45, 7) is 0. The van der Waals surface area contributed by atoms with Crippen molar-refractivity contribution in [3.8, 4) is 0 Å². The van der Waals surface area contributed by atoms with Crippen molar-refractivity contribution in [3.63, 3.8) is 0 Å². The number of rotatable bonds is 12. The van der Waals surface area contributed by atoms with E-state index in [0.29, 0.717) is 0 Å². The fourth-order valence-electron chi connectivity index (χ4n) is 2.44. The van der Waals surface area contributed by atoms with E-state index >= 15 is 0 Å². The van der Waals surface area contributed by atoms with Crippen molar-refractivity contribution < 1.29 is 79.0 Å². The molecular weight excluding hydrogens is 782 g/mol. The Morgan fingerprint density at radius 1 is 0.450 bits per heavy atom. The zero-order valence-corrected chi connectivity index (χ0v) is 23.2. The van der Waals surface area contributed by atoms with E-state index in [1.165, 1.54) is 0 Å². The van der Waals surface area contributed by atoms with Crippen LogP contribution in [0.4, 0.5) is 79.0 Å². The number of thioether (sulfide) groups is 2. The van der Waals surface area contributed by atoms with Gasteiger partial charge >= 0.3 is 47.9 Å². The fraction of sp³-hybridized carbons (Fsp3) is 0.667. The number of hydrogen-bond donors (Lipinski definition) is 0. The van der Waals surface area contributed by atoms with Crippen LogP contribution in [-0.4, -0.2) is 59.4 Å². The zero-order chi connectivity index (χ0) is 32.0. The fourth-order valence-corrected chi connectivity index (χ4v) is 6.07. The first-order valence-electron chi connectivity index (χ1n) is 9.63. The minimum absolute atomic E-state index is 0.153. The molecule has 0 fully saturated rings. The minimum Gasteiger partial charge on any atom is -0.200 e. The Bertz CT molecular complexity index is 953. The molecule has 0 aliphatic heterocycles. The Hall–Kier alpha value is -0.380. The number of benzene rings is 1. The van der Waals surface area contributed by atoms with Crippen LogP contribution in [0.5, 0.6) is 0 Å². The summed E-state index contributed by atoms with van der Waals surface area (Å²) in [4.78, 5) is -0.306. The van der Waals surface area contributed by atoms with Gasteiger partial charge in [-0.1, -0.05) is 0 Å². The van der Waals surface area contributed by atoms with Gasteiger partial charge in [0.2, 0.25) is 0 Å². The smallest absolute Gasteiger partial charge is 0.200 e. The van der Waals surface area contributed by atoms with Gasteiger partial charge in [-0.2, -0.15) is 79.0 Å². The second-order valence-corrected chi connectivity index (χ2v) is 11.6. The van der Waals surface area contributed by atoms with E-state index in [4.69, 9.17) is 0 Å². The summed E-state index contributed by atoms with van der Waals surface area (Å²) in [5.41, 5.74) is 0. The van der Waals surface area contributed by atoms with Gasteiger partial charge in [0.25, 0.3) is 0 Å². The molecule has 0 radical (unpaired) electrons. The highest BCUT2D eigenvalue weighted by Gasteiger charge is 2.82. The van der Waals surface area contributed by atoms with Crippen molar-refractivity contribution in [3.05, 3.63) is 21.1 Å². The van der Waals surface area contributed by atoms with Crippen molar-refractivity contribution in [1.29, 1.82) is 0 Å². The minimum atomic E-state index is -7.07. The Labute approximate surface area is 237 Å². The van der Waals surface area contributed by atoms with Gasteiger partial charge in [-0.05, 0) is 44.0 Å². The third kappa shape index (κ3) is 7.21. The average Bonchev–Trinajstić information content (AvgIpc) is 2.74. The van der Waals surface area contributed by atoms with Crippen molar-refractivity contribution >= 4 is 55.4 Å². The predicted octanol–water partition coefficient (Wildman–Crippen LogP) is 11.1. The van der Waals surface area contributed by atoms with E-state index < -0.39 is 72.2 Å². The first-order chi connectivity index (χ1) is 17.5. The largest absolute Gasteiger partial charge is 0.460 e. The normalized spacial score (nSPS) is 15.1. The van der Waals surface area contributed by atoms with Crippen LogP contribution in [-0.2, 0) is 0 Å². The second-order valence-electron chi connectivity index (χ2n) is 7.61. The molecule has 0 saturated carbocycles. The Kier molecular flexibility index (Phi) is 11.2. The monoisotopic (exact) mass is 790 g/mol. The van der Waals surface area contributed by atoms with Crippen molar-refractivity contribution in [1.82, 2.24) is 0 Å². The third-order valence-electron chi connectivity index (χ3n) is 4.75. The lowest BCUT2D eigenvalue weighted by Gasteiger charge is -2.33. The number of hydrogen-bond acceptors (Lipinski definition) is 2. The van der Waals surface area contributed by atoms with Gasteiger partial charge in [0.05, 0.1) is 0 Å². The highest BCUT2D eigenvalue weighted by Crippen LogP contribution is 2.56. The van der Waals surface area contributed by atoms with Crippen LogP contribution in [0.25, 0.3) is 0 Å². The summed E-state index contributed by atoms with van der Waals surface area (Å²) in [6, 6.07) is 1.92. The summed E-state index contributed by atoms with van der Waals surface area (Å²) in [5, 5.41) is 0. The molecule has 1 aromatic rings. The van der Waals surface area contributed by atoms with Crippen LogP contribution in [0.3, 0.4) is 0 Å². The summed E-state index contributed by atoms with van der Waals surface area (Å²) in [6.07, 6.45) is -18.3. The van der Waals surface area contributed by atoms with Crippen molar-refractivity contribution in [2.75, 3.05) is 11.5 Å². The van der Waals surface area contributed by atoms with Gasteiger partial charge < -0.3 is 0 Å². The van der Waals surface area contributed by atoms with Crippen LogP contribution in [0, 0.1) is 0 Å². The van der Waals surface area contributed by atoms with Crippen LogP contribution >= 0.6 is 55.4 Å². The van der Waals surface area contributed by atoms with E-state index in [-0.39, 0.29) is 42.3 Å². The third-order valence-corrected chi connectivity index (χ3v) is 8.70. The molecule has 0 amide bonds. The quantitative estimate of drug-likeness (QED) is 0.153. The van der Waals surface area contributed by atoms with Gasteiger partial charge in [-0.3, -0.25) is 0 Å². The Morgan fingerprint density at radius 3 is 0.925 bits per heavy atom. The van der Waals surface area contributed by atoms with Crippen LogP contribution < -0.4 is 0 Å². The topological polar surface area (TPSA) is 0 Å². The highest BCUT2D eigenvalue weighted by atomic mass is 79.9. The summed E-state index contributed by atoms with van der Waals surface area (Å²) < 4.78 is 232. The number of alkyl halides is 18. The summed E-state index contributed by atoms with van der Waals surface area (Å²) in [7, 11) is 0. The predicted molar refractivity (Wildman–Crippen MR) is 114 cm³/mol. The molecule has 0 nitrogen and oxygen atoms in total. The molecule has 0 aliphatic carbocycles. The lowest BCUT2D eigenvalue weighted by atomic mass is 10.0. The zero-order valence-electron chi connectivity index (χ0n) is 18.4. The van der Waals surface area contributed by atoms with E-state index in [9.17, 15) is 79.0 Å². The maximum absolute atomic E-state index is 13.6. The van der Waals surface area contributed by atoms with Gasteiger partial charge in [0.15, 0.2) is 0 Å². The molecule has 22 heteroatoms. The van der Waals surface area contributed by atoms with Gasteiger partial charge in [0.1, 0.15) is 0 Å². The van der Waals surface area contributed by atoms with E-state index in [1.807, 2.05) is 0 Å². The van der Waals surface area contributed by atoms with Gasteiger partial charge in [-0.25, -0.2) is 0 Å². The SMILES string of the molecule is FC(F)(F)C(F)(F)C(F)(F)C(F)(F)CCSc1cc(Br)c(SCCC(F)(F)C(F)(F)C(F)(F)C(F)(F)F)cc1Br. The van der Waals surface area contributed by atoms with E-state index in [0.717, 1.165) is 12.1 Å². The molecule has 234 valence electrons. The van der Waals surface area contributed by atoms with Crippen LogP contribution in [0.2, 0.25) is 0 Å². The molecule has 0 aromatic heterocycles. The highest BCUT2D eigenvalue weighted by molar-refractivity contribution is 9.11. The molecule has 0 atom stereocenters. The Balaban J connectivity index is 2.93. The molecule has 1 rings (SSSR count). The molecule has 0 unspecified atom stereocenters. The molecule has 0 N–H and O–H groups in total. The maximum atomic E-state index is 13.6. The molecule has 1 aromatic carbocycles. The average molecular weight is 792 g/mol. The molecule has 0 spiro atoms. The van der Waals surface area contributed by atoms with E-state index in [1.54, 1.807) is 0 Å². The van der Waals surface area contributed by atoms with E-state index in [2.05, 4.69) is 31.9 Å². The number of halogens is 20. The molecule has 40 heavy (non-hydrogen) atoms. The van der Waals surface area contributed by atoms with Crippen LogP contribution in [0.15, 0.2) is 30.9 Å². The molecule has 0 bridgehead atoms. The van der Waals surface area contributed by atoms with Crippen molar-refractivity contribution in [2.24, 2.45) is 0 Å². The van der Waals surface area contributed by atoms with Gasteiger partial charge in [-0.15, -0.1) is 23.5 Å². The lowest BCUT2D eigenvalue weighted by Crippen LogP contribution is -2.60. The summed E-state index contributed by atoms with van der Waals surface area (Å²) in [5.74, 6) is -41.8. The van der Waals surface area contributed by atoms with Crippen molar-refractivity contribution in [2.45, 2.75) is 70.5 Å². The Morgan fingerprint density at radius 2 is 0.700 bits per heavy atom. The summed E-state index contributed by atoms with van der Waals surface area (Å²) >= 11 is 6.10. The standard InChI is InChI=1S/C18H10Br2F18S2/c19-7-6-10(40-4-2-12(23,24)14(27,28)16(31,32)18(36,37)38)8(20)5-9(7)39-3-1-11(21,22)13(25,26)15(29,30)17(33,34)35/h5-6H,1-4H2.